The molecule has 0 amide bonds. The van der Waals surface area contributed by atoms with Crippen LogP contribution in [-0.2, 0) is 11.2 Å². The zero-order valence-electron chi connectivity index (χ0n) is 11.6. The van der Waals surface area contributed by atoms with Gasteiger partial charge in [0.05, 0.1) is 12.7 Å². The molecule has 0 spiro atoms. The Labute approximate surface area is 115 Å². The first-order valence-corrected chi connectivity index (χ1v) is 7.02. The molecule has 1 aliphatic rings. The zero-order chi connectivity index (χ0) is 13.7. The van der Waals surface area contributed by atoms with E-state index in [4.69, 9.17) is 10.5 Å². The van der Waals surface area contributed by atoms with Gasteiger partial charge < -0.3 is 15.6 Å². The SMILES string of the molecule is CC(CCc1ccc(O)cc1)N1CCOC(CN)C1. The van der Waals surface area contributed by atoms with Gasteiger partial charge in [0.15, 0.2) is 0 Å². The molecule has 106 valence electrons. The van der Waals surface area contributed by atoms with Crippen molar-refractivity contribution < 1.29 is 9.84 Å². The molecule has 0 bridgehead atoms. The van der Waals surface area contributed by atoms with E-state index in [1.54, 1.807) is 12.1 Å². The van der Waals surface area contributed by atoms with E-state index in [2.05, 4.69) is 11.8 Å². The zero-order valence-corrected chi connectivity index (χ0v) is 11.6. The minimum atomic E-state index is 0.185. The maximum atomic E-state index is 9.26. The Morgan fingerprint density at radius 3 is 2.84 bits per heavy atom. The Morgan fingerprint density at radius 2 is 2.16 bits per heavy atom. The van der Waals surface area contributed by atoms with Crippen LogP contribution in [0, 0.1) is 0 Å². The topological polar surface area (TPSA) is 58.7 Å². The van der Waals surface area contributed by atoms with E-state index >= 15 is 0 Å². The first kappa shape index (κ1) is 14.3. The van der Waals surface area contributed by atoms with Crippen LogP contribution in [0.1, 0.15) is 18.9 Å². The summed E-state index contributed by atoms with van der Waals surface area (Å²) in [6, 6.07) is 8.01. The molecule has 1 aromatic rings. The van der Waals surface area contributed by atoms with Crippen LogP contribution in [0.5, 0.6) is 5.75 Å². The summed E-state index contributed by atoms with van der Waals surface area (Å²) in [6.45, 7) is 5.58. The van der Waals surface area contributed by atoms with Gasteiger partial charge >= 0.3 is 0 Å². The molecule has 1 heterocycles. The lowest BCUT2D eigenvalue weighted by Gasteiger charge is -2.36. The number of ether oxygens (including phenoxy) is 1. The summed E-state index contributed by atoms with van der Waals surface area (Å²) in [4.78, 5) is 2.46. The van der Waals surface area contributed by atoms with Crippen molar-refractivity contribution in [3.8, 4) is 5.75 Å². The molecule has 0 saturated carbocycles. The number of rotatable bonds is 5. The van der Waals surface area contributed by atoms with Crippen LogP contribution in [0.2, 0.25) is 0 Å². The highest BCUT2D eigenvalue weighted by Gasteiger charge is 2.22. The fraction of sp³-hybridized carbons (Fsp3) is 0.600. The summed E-state index contributed by atoms with van der Waals surface area (Å²) in [5.74, 6) is 0.329. The number of nitrogens with zero attached hydrogens (tertiary/aromatic N) is 1. The minimum Gasteiger partial charge on any atom is -0.508 e. The van der Waals surface area contributed by atoms with Gasteiger partial charge in [0.2, 0.25) is 0 Å². The highest BCUT2D eigenvalue weighted by Crippen LogP contribution is 2.15. The fourth-order valence-corrected chi connectivity index (χ4v) is 2.51. The number of hydrogen-bond acceptors (Lipinski definition) is 4. The van der Waals surface area contributed by atoms with Crippen LogP contribution >= 0.6 is 0 Å². The van der Waals surface area contributed by atoms with Crippen LogP contribution in [0.15, 0.2) is 24.3 Å². The monoisotopic (exact) mass is 264 g/mol. The molecule has 2 atom stereocenters. The van der Waals surface area contributed by atoms with E-state index in [1.807, 2.05) is 12.1 Å². The van der Waals surface area contributed by atoms with Gasteiger partial charge in [-0.1, -0.05) is 12.1 Å². The van der Waals surface area contributed by atoms with Crippen molar-refractivity contribution >= 4 is 0 Å². The van der Waals surface area contributed by atoms with Crippen LogP contribution in [0.25, 0.3) is 0 Å². The van der Waals surface area contributed by atoms with Gasteiger partial charge in [-0.15, -0.1) is 0 Å². The van der Waals surface area contributed by atoms with Crippen molar-refractivity contribution in [2.45, 2.75) is 31.9 Å². The Morgan fingerprint density at radius 1 is 1.42 bits per heavy atom. The molecule has 19 heavy (non-hydrogen) atoms. The van der Waals surface area contributed by atoms with Gasteiger partial charge in [-0.25, -0.2) is 0 Å². The first-order chi connectivity index (χ1) is 9.19. The van der Waals surface area contributed by atoms with Gasteiger partial charge in [-0.3, -0.25) is 4.90 Å². The molecule has 1 aromatic carbocycles. The summed E-state index contributed by atoms with van der Waals surface area (Å²) >= 11 is 0. The number of aryl methyl sites for hydroxylation is 1. The Hall–Kier alpha value is -1.10. The van der Waals surface area contributed by atoms with Gasteiger partial charge in [0.25, 0.3) is 0 Å². The fourth-order valence-electron chi connectivity index (χ4n) is 2.51. The maximum Gasteiger partial charge on any atom is 0.115 e. The molecule has 1 aliphatic heterocycles. The van der Waals surface area contributed by atoms with Crippen molar-refractivity contribution in [1.82, 2.24) is 4.90 Å². The molecule has 4 nitrogen and oxygen atoms in total. The number of aromatic hydroxyl groups is 1. The molecule has 0 aromatic heterocycles. The molecule has 2 rings (SSSR count). The average Bonchev–Trinajstić information content (AvgIpc) is 2.46. The quantitative estimate of drug-likeness (QED) is 0.843. The molecule has 1 fully saturated rings. The number of hydrogen-bond donors (Lipinski definition) is 2. The van der Waals surface area contributed by atoms with Crippen LogP contribution in [0.3, 0.4) is 0 Å². The largest absolute Gasteiger partial charge is 0.508 e. The van der Waals surface area contributed by atoms with Gasteiger partial charge in [-0.2, -0.15) is 0 Å². The van der Waals surface area contributed by atoms with Crippen molar-refractivity contribution in [3.05, 3.63) is 29.8 Å². The molecule has 4 heteroatoms. The third-order valence-corrected chi connectivity index (χ3v) is 3.84. The lowest BCUT2D eigenvalue weighted by molar-refractivity contribution is -0.0368. The van der Waals surface area contributed by atoms with Crippen molar-refractivity contribution in [1.29, 1.82) is 0 Å². The van der Waals surface area contributed by atoms with E-state index in [1.165, 1.54) is 5.56 Å². The van der Waals surface area contributed by atoms with E-state index in [0.717, 1.165) is 32.5 Å². The smallest absolute Gasteiger partial charge is 0.115 e. The lowest BCUT2D eigenvalue weighted by Crippen LogP contribution is -2.49. The summed E-state index contributed by atoms with van der Waals surface area (Å²) in [7, 11) is 0. The average molecular weight is 264 g/mol. The summed E-state index contributed by atoms with van der Waals surface area (Å²) < 4.78 is 5.59. The van der Waals surface area contributed by atoms with E-state index < -0.39 is 0 Å². The third-order valence-electron chi connectivity index (χ3n) is 3.84. The molecular formula is C15H24N2O2. The van der Waals surface area contributed by atoms with Crippen LogP contribution in [-0.4, -0.2) is 48.4 Å². The maximum absolute atomic E-state index is 9.26. The number of morpholine rings is 1. The standard InChI is InChI=1S/C15H24N2O2/c1-12(17-8-9-19-15(10-16)11-17)2-3-13-4-6-14(18)7-5-13/h4-7,12,15,18H,2-3,8-11,16H2,1H3. The van der Waals surface area contributed by atoms with E-state index in [-0.39, 0.29) is 6.10 Å². The summed E-state index contributed by atoms with van der Waals surface area (Å²) in [5, 5.41) is 9.26. The Balaban J connectivity index is 1.80. The number of phenols is 1. The van der Waals surface area contributed by atoms with Gasteiger partial charge in [0, 0.05) is 25.7 Å². The third kappa shape index (κ3) is 4.20. The molecule has 0 radical (unpaired) electrons. The first-order valence-electron chi connectivity index (χ1n) is 7.02. The van der Waals surface area contributed by atoms with Crippen molar-refractivity contribution in [2.75, 3.05) is 26.2 Å². The number of nitrogens with two attached hydrogens (primary N) is 1. The minimum absolute atomic E-state index is 0.185. The van der Waals surface area contributed by atoms with E-state index in [0.29, 0.717) is 18.3 Å². The van der Waals surface area contributed by atoms with Gasteiger partial charge in [-0.05, 0) is 37.5 Å². The molecule has 2 unspecified atom stereocenters. The highest BCUT2D eigenvalue weighted by molar-refractivity contribution is 5.25. The van der Waals surface area contributed by atoms with Crippen LogP contribution in [0.4, 0.5) is 0 Å². The van der Waals surface area contributed by atoms with E-state index in [9.17, 15) is 5.11 Å². The molecule has 3 N–H and O–H groups in total. The number of benzene rings is 1. The van der Waals surface area contributed by atoms with Crippen molar-refractivity contribution in [3.63, 3.8) is 0 Å². The molecule has 0 aliphatic carbocycles. The second-order valence-corrected chi connectivity index (χ2v) is 5.28. The molecular weight excluding hydrogens is 240 g/mol. The van der Waals surface area contributed by atoms with Crippen molar-refractivity contribution in [2.24, 2.45) is 5.73 Å². The molecule has 1 saturated heterocycles. The highest BCUT2D eigenvalue weighted by atomic mass is 16.5. The normalized spacial score (nSPS) is 22.3. The predicted molar refractivity (Wildman–Crippen MR) is 76.3 cm³/mol. The number of phenolic OH excluding ortho intramolecular Hbond substituents is 1. The summed E-state index contributed by atoms with van der Waals surface area (Å²) in [6.07, 6.45) is 2.33. The lowest BCUT2D eigenvalue weighted by atomic mass is 10.0. The Bertz CT molecular complexity index is 380. The summed E-state index contributed by atoms with van der Waals surface area (Å²) in [5.41, 5.74) is 6.94. The van der Waals surface area contributed by atoms with Gasteiger partial charge in [0.1, 0.15) is 5.75 Å². The predicted octanol–water partition coefficient (Wildman–Crippen LogP) is 1.37. The van der Waals surface area contributed by atoms with Crippen LogP contribution < -0.4 is 5.73 Å². The Kier molecular flexibility index (Phi) is 5.19. The second-order valence-electron chi connectivity index (χ2n) is 5.28. The second kappa shape index (κ2) is 6.89.